The van der Waals surface area contributed by atoms with Gasteiger partial charge >= 0.3 is 12.1 Å². The Hall–Kier alpha value is -1.86. The molecular weight excluding hydrogens is 627 g/mol. The lowest BCUT2D eigenvalue weighted by Gasteiger charge is -2.40. The van der Waals surface area contributed by atoms with Crippen LogP contribution in [0.25, 0.3) is 0 Å². The Morgan fingerprint density at radius 3 is 1.94 bits per heavy atom. The van der Waals surface area contributed by atoms with Gasteiger partial charge in [0.2, 0.25) is 0 Å². The van der Waals surface area contributed by atoms with Gasteiger partial charge in [-0.3, -0.25) is 4.79 Å². The average molecular weight is 692 g/mol. The Bertz CT molecular complexity index is 1130. The summed E-state index contributed by atoms with van der Waals surface area (Å²) >= 11 is 0. The largest absolute Gasteiger partial charge is 0.469 e. The van der Waals surface area contributed by atoms with Crippen LogP contribution in [0.1, 0.15) is 105 Å². The topological polar surface area (TPSA) is 104 Å². The van der Waals surface area contributed by atoms with Crippen LogP contribution in [0.4, 0.5) is 4.79 Å². The summed E-state index contributed by atoms with van der Waals surface area (Å²) in [6.45, 7) is 23.1. The molecule has 1 amide bonds. The van der Waals surface area contributed by atoms with Crippen LogP contribution < -0.4 is 0 Å². The molecule has 2 rings (SSSR count). The van der Waals surface area contributed by atoms with Crippen molar-refractivity contribution in [3.63, 3.8) is 0 Å². The van der Waals surface area contributed by atoms with E-state index in [0.29, 0.717) is 18.8 Å². The molecule has 1 aliphatic carbocycles. The number of aliphatic imine (C=N–C) groups is 1. The molecule has 0 bridgehead atoms. The lowest BCUT2D eigenvalue weighted by Crippen LogP contribution is -2.45. The molecule has 1 N–H and O–H groups in total. The SMILES string of the molecule is COC(=O)CCCCCC[C@H]1C(O[Si](C)(C)C(C)(C)C)CC(O[Si](C)(C)C(C)(C)C)[C@@H]1CCC(O)/C=N/C(=O)OCc1ccccc1. The molecule has 1 aromatic carbocycles. The molecule has 0 aromatic heterocycles. The van der Waals surface area contributed by atoms with E-state index in [2.05, 4.69) is 72.7 Å². The number of carbonyl (C=O) groups is 2. The van der Waals surface area contributed by atoms with E-state index in [4.69, 9.17) is 18.3 Å². The first-order chi connectivity index (χ1) is 21.8. The van der Waals surface area contributed by atoms with Gasteiger partial charge in [0, 0.05) is 12.6 Å². The second-order valence-corrected chi connectivity index (χ2v) is 25.9. The van der Waals surface area contributed by atoms with Crippen LogP contribution >= 0.6 is 0 Å². The van der Waals surface area contributed by atoms with Crippen molar-refractivity contribution < 1.29 is 33.0 Å². The van der Waals surface area contributed by atoms with Gasteiger partial charge in [0.05, 0.1) is 25.4 Å². The van der Waals surface area contributed by atoms with E-state index in [1.165, 1.54) is 13.3 Å². The number of amides is 1. The third-order valence-electron chi connectivity index (χ3n) is 10.7. The predicted octanol–water partition coefficient (Wildman–Crippen LogP) is 9.47. The van der Waals surface area contributed by atoms with Gasteiger partial charge in [0.1, 0.15) is 6.61 Å². The van der Waals surface area contributed by atoms with Crippen molar-refractivity contribution in [3.8, 4) is 0 Å². The van der Waals surface area contributed by atoms with Gasteiger partial charge in [0.15, 0.2) is 16.6 Å². The summed E-state index contributed by atoms with van der Waals surface area (Å²) in [5.41, 5.74) is 0.884. The summed E-state index contributed by atoms with van der Waals surface area (Å²) < 4.78 is 24.4. The second-order valence-electron chi connectivity index (χ2n) is 16.4. The molecule has 10 heteroatoms. The van der Waals surface area contributed by atoms with Gasteiger partial charge in [0.25, 0.3) is 0 Å². The van der Waals surface area contributed by atoms with Crippen molar-refractivity contribution in [2.45, 2.75) is 161 Å². The Kier molecular flexibility index (Phi) is 16.0. The molecular formula is C37H65NO7Si2. The number of benzene rings is 1. The number of methoxy groups -OCH3 is 1. The van der Waals surface area contributed by atoms with Crippen LogP contribution in [0.2, 0.25) is 36.3 Å². The molecule has 268 valence electrons. The second kappa shape index (κ2) is 18.2. The minimum Gasteiger partial charge on any atom is -0.469 e. The summed E-state index contributed by atoms with van der Waals surface area (Å²) in [5.74, 6) is 0.349. The first kappa shape index (κ1) is 41.3. The molecule has 3 unspecified atom stereocenters. The highest BCUT2D eigenvalue weighted by Crippen LogP contribution is 2.49. The summed E-state index contributed by atoms with van der Waals surface area (Å²) in [5, 5.41) is 11.1. The normalized spacial score (nSPS) is 21.6. The third-order valence-corrected chi connectivity index (χ3v) is 19.7. The zero-order valence-electron chi connectivity index (χ0n) is 31.3. The van der Waals surface area contributed by atoms with Gasteiger partial charge in [-0.15, -0.1) is 0 Å². The van der Waals surface area contributed by atoms with Crippen LogP contribution in [0.3, 0.4) is 0 Å². The maximum Gasteiger partial charge on any atom is 0.433 e. The fraction of sp³-hybridized carbons (Fsp3) is 0.757. The minimum atomic E-state index is -2.09. The summed E-state index contributed by atoms with van der Waals surface area (Å²) in [6.07, 6.45) is 7.31. The minimum absolute atomic E-state index is 0.0370. The van der Waals surface area contributed by atoms with Gasteiger partial charge < -0.3 is 23.4 Å². The van der Waals surface area contributed by atoms with E-state index in [9.17, 15) is 14.7 Å². The van der Waals surface area contributed by atoms with E-state index in [1.807, 2.05) is 30.3 Å². The van der Waals surface area contributed by atoms with Crippen molar-refractivity contribution in [1.29, 1.82) is 0 Å². The number of aliphatic hydroxyl groups is 1. The fourth-order valence-electron chi connectivity index (χ4n) is 5.76. The summed E-state index contributed by atoms with van der Waals surface area (Å²) in [6, 6.07) is 9.46. The Balaban J connectivity index is 2.21. The van der Waals surface area contributed by atoms with Crippen LogP contribution in [-0.4, -0.2) is 65.4 Å². The van der Waals surface area contributed by atoms with Crippen molar-refractivity contribution in [1.82, 2.24) is 0 Å². The maximum absolute atomic E-state index is 12.3. The Morgan fingerprint density at radius 2 is 1.40 bits per heavy atom. The Morgan fingerprint density at radius 1 is 0.872 bits per heavy atom. The van der Waals surface area contributed by atoms with Crippen molar-refractivity contribution in [2.75, 3.05) is 7.11 Å². The number of hydrogen-bond donors (Lipinski definition) is 1. The van der Waals surface area contributed by atoms with E-state index in [-0.39, 0.29) is 40.8 Å². The van der Waals surface area contributed by atoms with Gasteiger partial charge in [-0.25, -0.2) is 4.79 Å². The molecule has 0 aliphatic heterocycles. The quantitative estimate of drug-likeness (QED) is 0.0751. The molecule has 5 atom stereocenters. The van der Waals surface area contributed by atoms with Gasteiger partial charge in [-0.2, -0.15) is 4.99 Å². The highest BCUT2D eigenvalue weighted by atomic mass is 28.4. The van der Waals surface area contributed by atoms with E-state index < -0.39 is 28.8 Å². The van der Waals surface area contributed by atoms with Crippen LogP contribution in [0.15, 0.2) is 35.3 Å². The summed E-state index contributed by atoms with van der Waals surface area (Å²) in [7, 11) is -2.72. The highest BCUT2D eigenvalue weighted by molar-refractivity contribution is 6.74. The third kappa shape index (κ3) is 13.5. The highest BCUT2D eigenvalue weighted by Gasteiger charge is 2.51. The lowest BCUT2D eigenvalue weighted by atomic mass is 9.85. The zero-order valence-corrected chi connectivity index (χ0v) is 33.3. The van der Waals surface area contributed by atoms with E-state index in [0.717, 1.165) is 50.5 Å². The number of unbranched alkanes of at least 4 members (excludes halogenated alkanes) is 3. The number of nitrogens with zero attached hydrogens (tertiary/aromatic N) is 1. The van der Waals surface area contributed by atoms with Gasteiger partial charge in [-0.05, 0) is 85.8 Å². The molecule has 1 saturated carbocycles. The average Bonchev–Trinajstić information content (AvgIpc) is 3.28. The summed E-state index contributed by atoms with van der Waals surface area (Å²) in [4.78, 5) is 27.7. The number of hydrogen-bond acceptors (Lipinski definition) is 7. The molecule has 0 heterocycles. The van der Waals surface area contributed by atoms with Crippen LogP contribution in [0, 0.1) is 11.8 Å². The van der Waals surface area contributed by atoms with Gasteiger partial charge in [-0.1, -0.05) is 91.1 Å². The van der Waals surface area contributed by atoms with E-state index in [1.54, 1.807) is 0 Å². The van der Waals surface area contributed by atoms with E-state index >= 15 is 0 Å². The maximum atomic E-state index is 12.3. The lowest BCUT2D eigenvalue weighted by molar-refractivity contribution is -0.140. The molecule has 8 nitrogen and oxygen atoms in total. The molecule has 0 spiro atoms. The zero-order chi connectivity index (χ0) is 35.5. The molecule has 1 fully saturated rings. The molecule has 1 aromatic rings. The number of esters is 1. The first-order valence-electron chi connectivity index (χ1n) is 17.6. The number of aliphatic hydroxyl groups excluding tert-OH is 1. The van der Waals surface area contributed by atoms with Crippen molar-refractivity contribution >= 4 is 34.9 Å². The monoisotopic (exact) mass is 691 g/mol. The van der Waals surface area contributed by atoms with Crippen molar-refractivity contribution in [3.05, 3.63) is 35.9 Å². The van der Waals surface area contributed by atoms with Crippen LogP contribution in [-0.2, 0) is 29.7 Å². The van der Waals surface area contributed by atoms with Crippen LogP contribution in [0.5, 0.6) is 0 Å². The Labute approximate surface area is 287 Å². The molecule has 0 saturated heterocycles. The van der Waals surface area contributed by atoms with Crippen molar-refractivity contribution in [2.24, 2.45) is 16.8 Å². The fourth-order valence-corrected chi connectivity index (χ4v) is 8.52. The molecule has 1 aliphatic rings. The number of rotatable bonds is 17. The number of carbonyl (C=O) groups excluding carboxylic acids is 2. The smallest absolute Gasteiger partial charge is 0.433 e. The first-order valence-corrected chi connectivity index (χ1v) is 23.4. The number of ether oxygens (including phenoxy) is 2. The standard InChI is InChI=1S/C37H65NO7Si2/c1-36(2,3)46(8,9)44-32-25-33(45-47(10,11)37(4,5)6)31(30(32)21-17-12-13-18-22-34(40)42-7)24-23-29(39)26-38-35(41)43-27-28-19-15-14-16-20-28/h14-16,19-20,26,29-33,39H,12-13,17-18,21-25,27H2,1-11H3/b38-26+/t29?,30-,31-,32?,33?/m1/s1. The molecule has 0 radical (unpaired) electrons. The predicted molar refractivity (Wildman–Crippen MR) is 196 cm³/mol. The molecule has 47 heavy (non-hydrogen) atoms.